The van der Waals surface area contributed by atoms with Crippen LogP contribution in [-0.2, 0) is 4.79 Å². The molecule has 4 heteroatoms. The zero-order valence-corrected chi connectivity index (χ0v) is 10.8. The molecule has 2 rings (SSSR count). The van der Waals surface area contributed by atoms with E-state index in [1.807, 2.05) is 0 Å². The van der Waals surface area contributed by atoms with Crippen LogP contribution >= 0.6 is 0 Å². The maximum Gasteiger partial charge on any atom is 1.00 e. The van der Waals surface area contributed by atoms with E-state index < -0.39 is 5.97 Å². The van der Waals surface area contributed by atoms with E-state index in [0.717, 1.165) is 19.4 Å². The van der Waals surface area contributed by atoms with Crippen LogP contribution in [0.4, 0.5) is 0 Å². The average molecular weight is 207 g/mol. The van der Waals surface area contributed by atoms with Gasteiger partial charge in [0, 0.05) is 6.04 Å². The molecule has 0 aromatic carbocycles. The van der Waals surface area contributed by atoms with Crippen LogP contribution in [0.3, 0.4) is 0 Å². The molecule has 2 N–H and O–H groups in total. The van der Waals surface area contributed by atoms with Crippen molar-refractivity contribution in [3.63, 3.8) is 0 Å². The van der Waals surface area contributed by atoms with E-state index in [1.54, 1.807) is 0 Å². The van der Waals surface area contributed by atoms with Crippen LogP contribution in [-0.4, -0.2) is 23.7 Å². The number of carboxylic acid groups (broad SMARTS) is 1. The molecule has 3 unspecified atom stereocenters. The number of aliphatic carboxylic acids is 1. The first-order chi connectivity index (χ1) is 6.29. The molecule has 76 valence electrons. The maximum absolute atomic E-state index is 11.0. The Morgan fingerprint density at radius 2 is 2.00 bits per heavy atom. The summed E-state index contributed by atoms with van der Waals surface area (Å²) >= 11 is 0. The summed E-state index contributed by atoms with van der Waals surface area (Å²) in [6, 6.07) is 0.489. The molecular weight excluding hydrogens is 189 g/mol. The van der Waals surface area contributed by atoms with Gasteiger partial charge in [0.1, 0.15) is 0 Å². The van der Waals surface area contributed by atoms with Crippen molar-refractivity contribution in [3.8, 4) is 0 Å². The second-order valence-electron chi connectivity index (χ2n) is 4.24. The van der Waals surface area contributed by atoms with Gasteiger partial charge in [0.15, 0.2) is 0 Å². The zero-order chi connectivity index (χ0) is 9.26. The Morgan fingerprint density at radius 3 is 2.71 bits per heavy atom. The molecular formula is C10H18NNaO2. The van der Waals surface area contributed by atoms with Gasteiger partial charge in [0.2, 0.25) is 0 Å². The maximum atomic E-state index is 11.0. The predicted molar refractivity (Wildman–Crippen MR) is 50.6 cm³/mol. The zero-order valence-electron chi connectivity index (χ0n) is 9.83. The molecule has 2 aliphatic rings. The molecule has 0 amide bonds. The van der Waals surface area contributed by atoms with E-state index >= 15 is 0 Å². The Balaban J connectivity index is 0.000000980. The summed E-state index contributed by atoms with van der Waals surface area (Å²) in [5, 5.41) is 12.5. The third-order valence-corrected chi connectivity index (χ3v) is 3.52. The van der Waals surface area contributed by atoms with Crippen LogP contribution < -0.4 is 34.9 Å². The number of hydrogen-bond acceptors (Lipinski definition) is 2. The van der Waals surface area contributed by atoms with Crippen LogP contribution in [0.5, 0.6) is 0 Å². The quantitative estimate of drug-likeness (QED) is 0.507. The van der Waals surface area contributed by atoms with E-state index in [2.05, 4.69) is 5.32 Å². The van der Waals surface area contributed by atoms with Crippen molar-refractivity contribution in [2.45, 2.75) is 38.1 Å². The summed E-state index contributed by atoms with van der Waals surface area (Å²) < 4.78 is 0. The van der Waals surface area contributed by atoms with Crippen molar-refractivity contribution in [2.75, 3.05) is 6.54 Å². The van der Waals surface area contributed by atoms with Gasteiger partial charge in [0.05, 0.1) is 5.92 Å². The number of piperidine rings is 1. The number of carboxylic acids is 1. The van der Waals surface area contributed by atoms with Crippen LogP contribution in [0.15, 0.2) is 0 Å². The first-order valence-corrected chi connectivity index (χ1v) is 5.25. The molecule has 3 atom stereocenters. The minimum Gasteiger partial charge on any atom is -1.00 e. The Morgan fingerprint density at radius 1 is 1.29 bits per heavy atom. The van der Waals surface area contributed by atoms with E-state index in [0.29, 0.717) is 12.0 Å². The van der Waals surface area contributed by atoms with Crippen LogP contribution in [0, 0.1) is 11.8 Å². The van der Waals surface area contributed by atoms with Gasteiger partial charge in [-0.2, -0.15) is 0 Å². The van der Waals surface area contributed by atoms with Crippen LogP contribution in [0.25, 0.3) is 0 Å². The Bertz CT molecular complexity index is 214. The van der Waals surface area contributed by atoms with E-state index in [1.165, 1.54) is 19.3 Å². The monoisotopic (exact) mass is 207 g/mol. The molecule has 0 aromatic rings. The molecule has 0 aromatic heterocycles. The van der Waals surface area contributed by atoms with Gasteiger partial charge >= 0.3 is 35.5 Å². The molecule has 14 heavy (non-hydrogen) atoms. The van der Waals surface area contributed by atoms with Gasteiger partial charge in [-0.05, 0) is 31.7 Å². The average Bonchev–Trinajstić information content (AvgIpc) is 2.17. The van der Waals surface area contributed by atoms with Crippen molar-refractivity contribution >= 4 is 5.97 Å². The standard InChI is InChI=1S/C10H17NO2.Na.H/c12-10(13)8-5-6-11-9-4-2-1-3-7(8)9;;/h7-9,11H,1-6H2,(H,12,13);;/q;+1;-1. The molecule has 1 saturated carbocycles. The summed E-state index contributed by atoms with van der Waals surface area (Å²) in [7, 11) is 0. The minimum absolute atomic E-state index is 0. The summed E-state index contributed by atoms with van der Waals surface area (Å²) in [5.74, 6) is -0.259. The van der Waals surface area contributed by atoms with Crippen LogP contribution in [0.2, 0.25) is 0 Å². The van der Waals surface area contributed by atoms with Crippen molar-refractivity contribution in [3.05, 3.63) is 0 Å². The molecule has 1 saturated heterocycles. The minimum atomic E-state index is -0.585. The van der Waals surface area contributed by atoms with Crippen molar-refractivity contribution in [2.24, 2.45) is 11.8 Å². The number of rotatable bonds is 1. The van der Waals surface area contributed by atoms with Gasteiger partial charge in [-0.3, -0.25) is 4.79 Å². The number of fused-ring (bicyclic) bond motifs is 1. The van der Waals surface area contributed by atoms with E-state index in [-0.39, 0.29) is 36.9 Å². The molecule has 0 bridgehead atoms. The van der Waals surface area contributed by atoms with Gasteiger partial charge in [0.25, 0.3) is 0 Å². The second-order valence-corrected chi connectivity index (χ2v) is 4.24. The first kappa shape index (κ1) is 12.5. The Labute approximate surface area is 108 Å². The van der Waals surface area contributed by atoms with Crippen molar-refractivity contribution in [1.82, 2.24) is 5.32 Å². The smallest absolute Gasteiger partial charge is 1.00 e. The predicted octanol–water partition coefficient (Wildman–Crippen LogP) is -1.64. The molecule has 3 nitrogen and oxygen atoms in total. The number of hydrogen-bond donors (Lipinski definition) is 2. The fourth-order valence-corrected chi connectivity index (χ4v) is 2.84. The van der Waals surface area contributed by atoms with Gasteiger partial charge in [-0.1, -0.05) is 12.8 Å². The van der Waals surface area contributed by atoms with Gasteiger partial charge in [-0.15, -0.1) is 0 Å². The molecule has 1 aliphatic carbocycles. The first-order valence-electron chi connectivity index (χ1n) is 5.25. The van der Waals surface area contributed by atoms with E-state index in [4.69, 9.17) is 5.11 Å². The van der Waals surface area contributed by atoms with Crippen molar-refractivity contribution < 1.29 is 40.9 Å². The molecule has 0 radical (unpaired) electrons. The normalized spacial score (nSPS) is 36.7. The second kappa shape index (κ2) is 5.50. The number of carbonyl (C=O) groups is 1. The fourth-order valence-electron chi connectivity index (χ4n) is 2.84. The summed E-state index contributed by atoms with van der Waals surface area (Å²) in [5.41, 5.74) is 0. The van der Waals surface area contributed by atoms with Crippen LogP contribution in [0.1, 0.15) is 33.5 Å². The molecule has 0 spiro atoms. The summed E-state index contributed by atoms with van der Waals surface area (Å²) in [6.45, 7) is 0.887. The molecule has 1 heterocycles. The molecule has 2 fully saturated rings. The summed E-state index contributed by atoms with van der Waals surface area (Å²) in [4.78, 5) is 11.0. The van der Waals surface area contributed by atoms with Gasteiger partial charge < -0.3 is 11.8 Å². The molecule has 1 aliphatic heterocycles. The van der Waals surface area contributed by atoms with E-state index in [9.17, 15) is 4.79 Å². The van der Waals surface area contributed by atoms with Crippen molar-refractivity contribution in [1.29, 1.82) is 0 Å². The SMILES string of the molecule is O=C(O)C1CCNC2CCCCC21.[H-].[Na+]. The number of nitrogens with one attached hydrogen (secondary N) is 1. The topological polar surface area (TPSA) is 49.3 Å². The third kappa shape index (κ3) is 2.51. The Hall–Kier alpha value is 0.430. The largest absolute Gasteiger partial charge is 1.00 e. The third-order valence-electron chi connectivity index (χ3n) is 3.52. The van der Waals surface area contributed by atoms with Gasteiger partial charge in [-0.25, -0.2) is 0 Å². The summed E-state index contributed by atoms with van der Waals surface area (Å²) in [6.07, 6.45) is 5.58. The fraction of sp³-hybridized carbons (Fsp3) is 0.900. The Kier molecular flexibility index (Phi) is 4.91.